The van der Waals surface area contributed by atoms with Crippen molar-refractivity contribution in [3.8, 4) is 11.4 Å². The summed E-state index contributed by atoms with van der Waals surface area (Å²) in [6, 6.07) is 16.4. The van der Waals surface area contributed by atoms with Gasteiger partial charge in [-0.15, -0.1) is 0 Å². The predicted molar refractivity (Wildman–Crippen MR) is 121 cm³/mol. The Morgan fingerprint density at radius 2 is 1.90 bits per heavy atom. The van der Waals surface area contributed by atoms with Crippen molar-refractivity contribution in [2.45, 2.75) is 38.6 Å². The molecule has 3 aromatic rings. The summed E-state index contributed by atoms with van der Waals surface area (Å²) in [5, 5.41) is 7.56. The Hall–Kier alpha value is -3.12. The fourth-order valence-electron chi connectivity index (χ4n) is 4.44. The molecule has 3 heterocycles. The zero-order valence-electron chi connectivity index (χ0n) is 17.7. The molecule has 0 bridgehead atoms. The Morgan fingerprint density at radius 3 is 2.81 bits per heavy atom. The monoisotopic (exact) mass is 416 g/mol. The van der Waals surface area contributed by atoms with E-state index in [9.17, 15) is 4.79 Å². The second-order valence-corrected chi connectivity index (χ2v) is 8.31. The second kappa shape index (κ2) is 8.94. The molecular formula is C25H28N4O2. The van der Waals surface area contributed by atoms with Gasteiger partial charge >= 0.3 is 0 Å². The van der Waals surface area contributed by atoms with Gasteiger partial charge < -0.3 is 10.1 Å². The lowest BCUT2D eigenvalue weighted by Crippen LogP contribution is -2.32. The van der Waals surface area contributed by atoms with Crippen LogP contribution in [0.1, 0.15) is 36.1 Å². The summed E-state index contributed by atoms with van der Waals surface area (Å²) in [6.07, 6.45) is 6.54. The van der Waals surface area contributed by atoms with E-state index in [-0.39, 0.29) is 5.91 Å². The molecule has 0 spiro atoms. The maximum atomic E-state index is 11.6. The number of hydrogen-bond donors (Lipinski definition) is 1. The molecule has 6 heteroatoms. The van der Waals surface area contributed by atoms with Crippen LogP contribution in [0.15, 0.2) is 54.7 Å². The Balaban J connectivity index is 1.08. The second-order valence-electron chi connectivity index (χ2n) is 8.31. The predicted octanol–water partition coefficient (Wildman–Crippen LogP) is 3.97. The quantitative estimate of drug-likeness (QED) is 0.592. The molecule has 0 saturated carbocycles. The molecule has 0 aliphatic carbocycles. The van der Waals surface area contributed by atoms with Crippen molar-refractivity contribution in [1.82, 2.24) is 14.7 Å². The molecular weight excluding hydrogens is 388 g/mol. The van der Waals surface area contributed by atoms with Crippen LogP contribution in [-0.2, 0) is 24.2 Å². The van der Waals surface area contributed by atoms with E-state index in [1.165, 1.54) is 16.8 Å². The molecule has 5 rings (SSSR count). The Labute approximate surface area is 182 Å². The third-order valence-electron chi connectivity index (χ3n) is 6.13. The standard InChI is InChI=1S/C25H28N4O2/c30-25-11-9-19-8-10-22(16-23(19)27-25)31-15-5-4-13-28-14-12-24-20(18-28)17-26-29(24)21-6-2-1-3-7-21/h1-3,6-8,10,16-17H,4-5,9,11-15,18H2,(H,27,30). The smallest absolute Gasteiger partial charge is 0.224 e. The average Bonchev–Trinajstić information content (AvgIpc) is 3.22. The summed E-state index contributed by atoms with van der Waals surface area (Å²) in [4.78, 5) is 14.1. The van der Waals surface area contributed by atoms with Crippen LogP contribution in [0, 0.1) is 0 Å². The van der Waals surface area contributed by atoms with E-state index < -0.39 is 0 Å². The van der Waals surface area contributed by atoms with E-state index in [0.29, 0.717) is 13.0 Å². The number of nitrogens with zero attached hydrogens (tertiary/aromatic N) is 3. The molecule has 2 aliphatic heterocycles. The maximum Gasteiger partial charge on any atom is 0.224 e. The summed E-state index contributed by atoms with van der Waals surface area (Å²) in [7, 11) is 0. The fourth-order valence-corrected chi connectivity index (χ4v) is 4.44. The zero-order chi connectivity index (χ0) is 21.0. The van der Waals surface area contributed by atoms with Gasteiger partial charge in [-0.25, -0.2) is 4.68 Å². The number of carbonyl (C=O) groups is 1. The first kappa shape index (κ1) is 19.8. The number of para-hydroxylation sites is 1. The topological polar surface area (TPSA) is 59.4 Å². The molecule has 0 unspecified atom stereocenters. The Kier molecular flexibility index (Phi) is 5.71. The SMILES string of the molecule is O=C1CCc2ccc(OCCCCN3CCc4c(cnn4-c4ccccc4)C3)cc2N1. The highest BCUT2D eigenvalue weighted by atomic mass is 16.5. The normalized spacial score (nSPS) is 15.8. The van der Waals surface area contributed by atoms with Crippen molar-refractivity contribution < 1.29 is 9.53 Å². The third-order valence-corrected chi connectivity index (χ3v) is 6.13. The van der Waals surface area contributed by atoms with Gasteiger partial charge in [-0.1, -0.05) is 24.3 Å². The zero-order valence-corrected chi connectivity index (χ0v) is 17.7. The van der Waals surface area contributed by atoms with E-state index in [1.807, 2.05) is 24.4 Å². The number of nitrogens with one attached hydrogen (secondary N) is 1. The van der Waals surface area contributed by atoms with Gasteiger partial charge in [-0.3, -0.25) is 9.69 Å². The van der Waals surface area contributed by atoms with Crippen molar-refractivity contribution in [2.75, 3.05) is 25.0 Å². The van der Waals surface area contributed by atoms with E-state index in [2.05, 4.69) is 50.3 Å². The van der Waals surface area contributed by atoms with Crippen LogP contribution >= 0.6 is 0 Å². The van der Waals surface area contributed by atoms with Crippen molar-refractivity contribution >= 4 is 11.6 Å². The number of ether oxygens (including phenoxy) is 1. The fraction of sp³-hybridized carbons (Fsp3) is 0.360. The van der Waals surface area contributed by atoms with Crippen LogP contribution in [-0.4, -0.2) is 40.3 Å². The number of rotatable bonds is 7. The summed E-state index contributed by atoms with van der Waals surface area (Å²) in [5.41, 5.74) is 5.89. The van der Waals surface area contributed by atoms with Gasteiger partial charge in [-0.05, 0) is 49.6 Å². The molecule has 0 radical (unpaired) electrons. The number of anilines is 1. The lowest BCUT2D eigenvalue weighted by Gasteiger charge is -2.27. The molecule has 31 heavy (non-hydrogen) atoms. The lowest BCUT2D eigenvalue weighted by molar-refractivity contribution is -0.116. The van der Waals surface area contributed by atoms with Crippen LogP contribution in [0.25, 0.3) is 5.69 Å². The number of fused-ring (bicyclic) bond motifs is 2. The van der Waals surface area contributed by atoms with E-state index >= 15 is 0 Å². The van der Waals surface area contributed by atoms with Crippen LogP contribution in [0.2, 0.25) is 0 Å². The first-order valence-corrected chi connectivity index (χ1v) is 11.2. The number of unbranched alkanes of at least 4 members (excludes halogenated alkanes) is 1. The van der Waals surface area contributed by atoms with E-state index in [1.54, 1.807) is 0 Å². The van der Waals surface area contributed by atoms with Crippen molar-refractivity contribution in [3.63, 3.8) is 0 Å². The number of carbonyl (C=O) groups excluding carboxylic acids is 1. The number of aryl methyl sites for hydroxylation is 1. The summed E-state index contributed by atoms with van der Waals surface area (Å²) < 4.78 is 8.01. The van der Waals surface area contributed by atoms with E-state index in [0.717, 1.165) is 62.4 Å². The molecule has 2 aliphatic rings. The average molecular weight is 417 g/mol. The maximum absolute atomic E-state index is 11.6. The van der Waals surface area contributed by atoms with Gasteiger partial charge in [-0.2, -0.15) is 5.10 Å². The minimum atomic E-state index is 0.0867. The number of benzene rings is 2. The van der Waals surface area contributed by atoms with Crippen molar-refractivity contribution in [2.24, 2.45) is 0 Å². The minimum absolute atomic E-state index is 0.0867. The van der Waals surface area contributed by atoms with Gasteiger partial charge in [0, 0.05) is 48.9 Å². The largest absolute Gasteiger partial charge is 0.494 e. The molecule has 6 nitrogen and oxygen atoms in total. The highest BCUT2D eigenvalue weighted by Gasteiger charge is 2.21. The number of amides is 1. The van der Waals surface area contributed by atoms with Gasteiger partial charge in [0.15, 0.2) is 0 Å². The van der Waals surface area contributed by atoms with Crippen LogP contribution in [0.4, 0.5) is 5.69 Å². The first-order chi connectivity index (χ1) is 15.3. The van der Waals surface area contributed by atoms with Gasteiger partial charge in [0.1, 0.15) is 5.75 Å². The molecule has 0 atom stereocenters. The third kappa shape index (κ3) is 4.49. The minimum Gasteiger partial charge on any atom is -0.494 e. The van der Waals surface area contributed by atoms with Gasteiger partial charge in [0.05, 0.1) is 18.5 Å². The highest BCUT2D eigenvalue weighted by Crippen LogP contribution is 2.27. The van der Waals surface area contributed by atoms with Crippen LogP contribution < -0.4 is 10.1 Å². The Bertz CT molecular complexity index is 1060. The summed E-state index contributed by atoms with van der Waals surface area (Å²) in [5.74, 6) is 0.917. The highest BCUT2D eigenvalue weighted by molar-refractivity contribution is 5.94. The summed E-state index contributed by atoms with van der Waals surface area (Å²) >= 11 is 0. The van der Waals surface area contributed by atoms with Crippen molar-refractivity contribution in [3.05, 3.63) is 71.5 Å². The molecule has 1 N–H and O–H groups in total. The molecule has 1 amide bonds. The first-order valence-electron chi connectivity index (χ1n) is 11.2. The lowest BCUT2D eigenvalue weighted by atomic mass is 10.0. The van der Waals surface area contributed by atoms with Gasteiger partial charge in [0.25, 0.3) is 0 Å². The molecule has 1 aromatic heterocycles. The van der Waals surface area contributed by atoms with E-state index in [4.69, 9.17) is 4.74 Å². The molecule has 0 fully saturated rings. The van der Waals surface area contributed by atoms with Gasteiger partial charge in [0.2, 0.25) is 5.91 Å². The van der Waals surface area contributed by atoms with Crippen LogP contribution in [0.3, 0.4) is 0 Å². The van der Waals surface area contributed by atoms with Crippen LogP contribution in [0.5, 0.6) is 5.75 Å². The molecule has 160 valence electrons. The Morgan fingerprint density at radius 1 is 1.00 bits per heavy atom. The number of hydrogen-bond acceptors (Lipinski definition) is 4. The molecule has 2 aromatic carbocycles. The molecule has 0 saturated heterocycles. The summed E-state index contributed by atoms with van der Waals surface area (Å²) in [6.45, 7) is 3.79. The van der Waals surface area contributed by atoms with Crippen molar-refractivity contribution in [1.29, 1.82) is 0 Å². The number of aromatic nitrogens is 2.